The van der Waals surface area contributed by atoms with Gasteiger partial charge in [0.25, 0.3) is 0 Å². The fourth-order valence-electron chi connectivity index (χ4n) is 3.51. The van der Waals surface area contributed by atoms with Crippen LogP contribution in [0.25, 0.3) is 10.1 Å². The number of nitrogens with zero attached hydrogens (tertiary/aromatic N) is 2. The molecule has 6 nitrogen and oxygen atoms in total. The number of thiophene rings is 1. The molecule has 1 aliphatic heterocycles. The van der Waals surface area contributed by atoms with E-state index in [0.717, 1.165) is 17.0 Å². The molecule has 0 spiro atoms. The molecule has 9 heteroatoms. The predicted molar refractivity (Wildman–Crippen MR) is 111 cm³/mol. The van der Waals surface area contributed by atoms with Crippen molar-refractivity contribution in [3.63, 3.8) is 0 Å². The fourth-order valence-corrected chi connectivity index (χ4v) is 6.73. The molecule has 3 aromatic rings. The second-order valence-corrected chi connectivity index (χ2v) is 9.52. The third kappa shape index (κ3) is 3.50. The molecule has 4 rings (SSSR count). The summed E-state index contributed by atoms with van der Waals surface area (Å²) in [6.07, 6.45) is 0. The van der Waals surface area contributed by atoms with Gasteiger partial charge in [-0.25, -0.2) is 17.6 Å². The minimum Gasteiger partial charge on any atom is -0.465 e. The van der Waals surface area contributed by atoms with Gasteiger partial charge in [0.05, 0.1) is 7.11 Å². The summed E-state index contributed by atoms with van der Waals surface area (Å²) in [4.78, 5) is 14.0. The highest BCUT2D eigenvalue weighted by molar-refractivity contribution is 7.89. The van der Waals surface area contributed by atoms with E-state index in [-0.39, 0.29) is 28.2 Å². The van der Waals surface area contributed by atoms with Gasteiger partial charge in [0, 0.05) is 42.0 Å². The molecule has 0 aliphatic carbocycles. The lowest BCUT2D eigenvalue weighted by Crippen LogP contribution is -2.48. The molecule has 0 radical (unpaired) electrons. The molecule has 0 atom stereocenters. The van der Waals surface area contributed by atoms with Gasteiger partial charge in [0.15, 0.2) is 0 Å². The number of carbonyl (C=O) groups excluding carboxylic acids is 1. The van der Waals surface area contributed by atoms with Gasteiger partial charge in [0.2, 0.25) is 10.0 Å². The van der Waals surface area contributed by atoms with E-state index in [1.807, 2.05) is 30.3 Å². The van der Waals surface area contributed by atoms with Crippen molar-refractivity contribution in [3.05, 3.63) is 59.2 Å². The maximum Gasteiger partial charge on any atom is 0.349 e. The number of benzene rings is 2. The van der Waals surface area contributed by atoms with Crippen molar-refractivity contribution in [2.75, 3.05) is 38.2 Å². The number of fused-ring (bicyclic) bond motifs is 1. The molecular formula is C20H19FN2O4S2. The normalized spacial score (nSPS) is 15.6. The summed E-state index contributed by atoms with van der Waals surface area (Å²) in [5, 5.41) is -0.0524. The highest BCUT2D eigenvalue weighted by Gasteiger charge is 2.36. The molecule has 1 fully saturated rings. The molecule has 0 N–H and O–H groups in total. The maximum absolute atomic E-state index is 14.6. The number of carbonyl (C=O) groups is 1. The van der Waals surface area contributed by atoms with Crippen LogP contribution in [0.2, 0.25) is 0 Å². The summed E-state index contributed by atoms with van der Waals surface area (Å²) >= 11 is 0.928. The molecule has 0 unspecified atom stereocenters. The number of ether oxygens (including phenoxy) is 1. The number of piperazine rings is 1. The molecular weight excluding hydrogens is 415 g/mol. The van der Waals surface area contributed by atoms with E-state index < -0.39 is 21.8 Å². The van der Waals surface area contributed by atoms with Gasteiger partial charge in [-0.2, -0.15) is 4.31 Å². The SMILES string of the molecule is COC(=O)c1sc2cccc(F)c2c1S(=O)(=O)N1CCN(c2ccccc2)CC1. The van der Waals surface area contributed by atoms with E-state index in [1.165, 1.54) is 23.5 Å². The Balaban J connectivity index is 1.71. The Kier molecular flexibility index (Phi) is 5.28. The maximum atomic E-state index is 14.6. The van der Waals surface area contributed by atoms with E-state index in [2.05, 4.69) is 4.90 Å². The largest absolute Gasteiger partial charge is 0.465 e. The molecule has 0 saturated carbocycles. The number of halogens is 1. The van der Waals surface area contributed by atoms with Crippen LogP contribution in [0.3, 0.4) is 0 Å². The zero-order chi connectivity index (χ0) is 20.6. The highest BCUT2D eigenvalue weighted by Crippen LogP contribution is 2.38. The highest BCUT2D eigenvalue weighted by atomic mass is 32.2. The third-order valence-corrected chi connectivity index (χ3v) is 8.18. The molecule has 1 saturated heterocycles. The molecule has 2 heterocycles. The number of sulfonamides is 1. The van der Waals surface area contributed by atoms with E-state index in [1.54, 1.807) is 6.07 Å². The summed E-state index contributed by atoms with van der Waals surface area (Å²) in [5.41, 5.74) is 1.02. The monoisotopic (exact) mass is 434 g/mol. The van der Waals surface area contributed by atoms with E-state index in [9.17, 15) is 17.6 Å². The number of anilines is 1. The molecule has 152 valence electrons. The lowest BCUT2D eigenvalue weighted by atomic mass is 10.2. The van der Waals surface area contributed by atoms with Crippen LogP contribution in [-0.4, -0.2) is 52.0 Å². The van der Waals surface area contributed by atoms with Crippen molar-refractivity contribution in [2.45, 2.75) is 4.90 Å². The quantitative estimate of drug-likeness (QED) is 0.590. The molecule has 29 heavy (non-hydrogen) atoms. The van der Waals surface area contributed by atoms with Crippen molar-refractivity contribution in [1.29, 1.82) is 0 Å². The van der Waals surface area contributed by atoms with Crippen LogP contribution in [0.4, 0.5) is 10.1 Å². The summed E-state index contributed by atoms with van der Waals surface area (Å²) < 4.78 is 47.9. The number of hydrogen-bond acceptors (Lipinski definition) is 6. The average molecular weight is 435 g/mol. The Morgan fingerprint density at radius 3 is 2.38 bits per heavy atom. The zero-order valence-electron chi connectivity index (χ0n) is 15.7. The van der Waals surface area contributed by atoms with Gasteiger partial charge >= 0.3 is 5.97 Å². The van der Waals surface area contributed by atoms with E-state index in [4.69, 9.17) is 4.74 Å². The van der Waals surface area contributed by atoms with Crippen molar-refractivity contribution < 1.29 is 22.3 Å². The van der Waals surface area contributed by atoms with Gasteiger partial charge < -0.3 is 9.64 Å². The topological polar surface area (TPSA) is 66.9 Å². The number of methoxy groups -OCH3 is 1. The van der Waals surface area contributed by atoms with Crippen molar-refractivity contribution >= 4 is 43.1 Å². The number of rotatable bonds is 4. The van der Waals surface area contributed by atoms with Crippen molar-refractivity contribution in [1.82, 2.24) is 4.31 Å². The second kappa shape index (κ2) is 7.74. The van der Waals surface area contributed by atoms with Gasteiger partial charge in [-0.3, -0.25) is 0 Å². The van der Waals surface area contributed by atoms with Crippen LogP contribution in [-0.2, 0) is 14.8 Å². The second-order valence-electron chi connectivity index (χ2n) is 6.59. The average Bonchev–Trinajstić information content (AvgIpc) is 3.16. The summed E-state index contributed by atoms with van der Waals surface area (Å²) in [6, 6.07) is 14.0. The van der Waals surface area contributed by atoms with Gasteiger partial charge in [-0.1, -0.05) is 24.3 Å². The van der Waals surface area contributed by atoms with E-state index in [0.29, 0.717) is 17.8 Å². The first-order valence-electron chi connectivity index (χ1n) is 9.03. The standard InChI is InChI=1S/C20H19FN2O4S2/c1-27-20(24)18-19(17-15(21)8-5-9-16(17)28-18)29(25,26)23-12-10-22(11-13-23)14-6-3-2-4-7-14/h2-9H,10-13H2,1H3. The summed E-state index contributed by atoms with van der Waals surface area (Å²) in [6.45, 7) is 1.48. The Hall–Kier alpha value is -2.49. The molecule has 0 amide bonds. The first-order chi connectivity index (χ1) is 13.9. The molecule has 0 bridgehead atoms. The fraction of sp³-hybridized carbons (Fsp3) is 0.250. The van der Waals surface area contributed by atoms with Crippen LogP contribution in [0.1, 0.15) is 9.67 Å². The minimum absolute atomic E-state index is 0.0524. The Morgan fingerprint density at radius 2 is 1.72 bits per heavy atom. The van der Waals surface area contributed by atoms with Crippen LogP contribution in [0.5, 0.6) is 0 Å². The Bertz CT molecular complexity index is 1150. The predicted octanol–water partition coefficient (Wildman–Crippen LogP) is 3.34. The van der Waals surface area contributed by atoms with Crippen LogP contribution in [0, 0.1) is 5.82 Å². The molecule has 2 aromatic carbocycles. The van der Waals surface area contributed by atoms with E-state index >= 15 is 0 Å². The molecule has 1 aromatic heterocycles. The number of para-hydroxylation sites is 1. The van der Waals surface area contributed by atoms with Gasteiger partial charge in [-0.15, -0.1) is 11.3 Å². The van der Waals surface area contributed by atoms with Crippen LogP contribution < -0.4 is 4.90 Å². The minimum atomic E-state index is -4.08. The lowest BCUT2D eigenvalue weighted by molar-refractivity contribution is 0.0602. The zero-order valence-corrected chi connectivity index (χ0v) is 17.3. The van der Waals surface area contributed by atoms with Crippen LogP contribution >= 0.6 is 11.3 Å². The number of esters is 1. The third-order valence-electron chi connectivity index (χ3n) is 4.95. The summed E-state index contributed by atoms with van der Waals surface area (Å²) in [7, 11) is -2.90. The first kappa shape index (κ1) is 19.8. The molecule has 1 aliphatic rings. The van der Waals surface area contributed by atoms with Gasteiger partial charge in [0.1, 0.15) is 15.6 Å². The lowest BCUT2D eigenvalue weighted by Gasteiger charge is -2.35. The summed E-state index contributed by atoms with van der Waals surface area (Å²) in [5.74, 6) is -1.46. The van der Waals surface area contributed by atoms with Crippen molar-refractivity contribution in [3.8, 4) is 0 Å². The number of hydrogen-bond donors (Lipinski definition) is 0. The van der Waals surface area contributed by atoms with Crippen molar-refractivity contribution in [2.24, 2.45) is 0 Å². The van der Waals surface area contributed by atoms with Gasteiger partial charge in [-0.05, 0) is 24.3 Å². The van der Waals surface area contributed by atoms with Crippen LogP contribution in [0.15, 0.2) is 53.4 Å². The smallest absolute Gasteiger partial charge is 0.349 e. The Morgan fingerprint density at radius 1 is 1.03 bits per heavy atom. The Labute approximate surface area is 172 Å². The first-order valence-corrected chi connectivity index (χ1v) is 11.3.